The summed E-state index contributed by atoms with van der Waals surface area (Å²) in [5.74, 6) is 1.47. The molecule has 0 aliphatic carbocycles. The molecule has 4 aromatic rings. The number of ether oxygens (including phenoxy) is 2. The lowest BCUT2D eigenvalue weighted by Gasteiger charge is -2.18. The smallest absolute Gasteiger partial charge is 0.274 e. The SMILES string of the molecule is C.C=C(/C=C\C)OCCN(C)C.CC(Cl)C1CN(C(=O)c2cc3cc(OCCN(C)C)ccc3[nH]2)c2cc(O)c3ccccc3c21. The van der Waals surface area contributed by atoms with Crippen molar-refractivity contribution in [3.8, 4) is 11.5 Å². The number of halogens is 1. The van der Waals surface area contributed by atoms with E-state index in [4.69, 9.17) is 21.1 Å². The molecule has 0 saturated carbocycles. The lowest BCUT2D eigenvalue weighted by Crippen LogP contribution is -2.31. The number of allylic oxidation sites excluding steroid dienone is 2. The van der Waals surface area contributed by atoms with Gasteiger partial charge in [-0.1, -0.05) is 44.3 Å². The van der Waals surface area contributed by atoms with Gasteiger partial charge in [0.2, 0.25) is 0 Å². The molecule has 248 valence electrons. The number of phenolic OH excluding ortho intramolecular Hbond substituents is 1. The van der Waals surface area contributed by atoms with E-state index in [2.05, 4.69) is 21.4 Å². The summed E-state index contributed by atoms with van der Waals surface area (Å²) in [6.45, 7) is 11.1. The maximum atomic E-state index is 13.7. The van der Waals surface area contributed by atoms with Crippen molar-refractivity contribution in [2.24, 2.45) is 0 Å². The topological polar surface area (TPSA) is 81.3 Å². The normalized spacial score (nSPS) is 14.7. The number of carbonyl (C=O) groups excluding carboxylic acids is 1. The summed E-state index contributed by atoms with van der Waals surface area (Å²) < 4.78 is 11.1. The summed E-state index contributed by atoms with van der Waals surface area (Å²) in [5.41, 5.74) is 3.08. The molecule has 1 aromatic heterocycles. The van der Waals surface area contributed by atoms with Gasteiger partial charge in [0.05, 0.1) is 5.69 Å². The summed E-state index contributed by atoms with van der Waals surface area (Å²) in [6.07, 6.45) is 3.77. The molecule has 0 spiro atoms. The molecule has 3 aromatic carbocycles. The molecule has 1 amide bonds. The van der Waals surface area contributed by atoms with Crippen LogP contribution < -0.4 is 9.64 Å². The van der Waals surface area contributed by atoms with E-state index in [9.17, 15) is 9.90 Å². The molecule has 2 N–H and O–H groups in total. The molecule has 46 heavy (non-hydrogen) atoms. The monoisotopic (exact) mass is 648 g/mol. The van der Waals surface area contributed by atoms with Gasteiger partial charge in [0.15, 0.2) is 0 Å². The first-order valence-corrected chi connectivity index (χ1v) is 15.6. The maximum absolute atomic E-state index is 13.7. The standard InChI is InChI=1S/C27H28ClN3O3.C9H17NO.CH4/c1-16(28)21-15-31(24-14-25(32)19-6-4-5-7-20(19)26(21)24)27(33)23-13-17-12-18(8-9-22(17)29-23)34-11-10-30(2)3;1-5-6-9(2)11-8-7-10(3)4;/h4-9,12-14,16,21,29,32H,10-11,15H2,1-3H3;5-6H,2,7-8H2,1,3-4H3;1H4/b;6-5-;. The average molecular weight is 649 g/mol. The minimum atomic E-state index is -0.172. The van der Waals surface area contributed by atoms with E-state index < -0.39 is 0 Å². The second-order valence-corrected chi connectivity index (χ2v) is 12.5. The van der Waals surface area contributed by atoms with Crippen molar-refractivity contribution in [2.75, 3.05) is 65.9 Å². The second kappa shape index (κ2) is 16.5. The number of anilines is 1. The quantitative estimate of drug-likeness (QED) is 0.0989. The highest BCUT2D eigenvalue weighted by molar-refractivity contribution is 6.22. The van der Waals surface area contributed by atoms with Gasteiger partial charge in [-0.2, -0.15) is 0 Å². The zero-order chi connectivity index (χ0) is 32.7. The van der Waals surface area contributed by atoms with E-state index in [1.165, 1.54) is 0 Å². The van der Waals surface area contributed by atoms with Crippen LogP contribution in [0.25, 0.3) is 21.7 Å². The molecule has 5 rings (SSSR count). The van der Waals surface area contributed by atoms with Crippen molar-refractivity contribution in [1.82, 2.24) is 14.8 Å². The fourth-order valence-electron chi connectivity index (χ4n) is 5.33. The number of aromatic amines is 1. The van der Waals surface area contributed by atoms with Gasteiger partial charge in [0.25, 0.3) is 5.91 Å². The number of amides is 1. The third-order valence-electron chi connectivity index (χ3n) is 7.69. The third-order valence-corrected chi connectivity index (χ3v) is 8.00. The zero-order valence-electron chi connectivity index (χ0n) is 27.1. The molecule has 1 aliphatic rings. The number of aromatic nitrogens is 1. The summed E-state index contributed by atoms with van der Waals surface area (Å²) >= 11 is 6.59. The Labute approximate surface area is 278 Å². The molecule has 2 heterocycles. The first-order chi connectivity index (χ1) is 21.5. The molecule has 9 heteroatoms. The fourth-order valence-corrected chi connectivity index (χ4v) is 5.54. The number of benzene rings is 3. The van der Waals surface area contributed by atoms with Crippen molar-refractivity contribution in [2.45, 2.75) is 32.6 Å². The Morgan fingerprint density at radius 2 is 1.76 bits per heavy atom. The van der Waals surface area contributed by atoms with Crippen molar-refractivity contribution in [1.29, 1.82) is 0 Å². The summed E-state index contributed by atoms with van der Waals surface area (Å²) in [7, 11) is 8.04. The Morgan fingerprint density at radius 3 is 2.41 bits per heavy atom. The van der Waals surface area contributed by atoms with Crippen LogP contribution in [0.3, 0.4) is 0 Å². The predicted octanol–water partition coefficient (Wildman–Crippen LogP) is 7.63. The Bertz CT molecular complexity index is 1660. The van der Waals surface area contributed by atoms with Crippen molar-refractivity contribution in [3.63, 3.8) is 0 Å². The number of phenols is 1. The highest BCUT2D eigenvalue weighted by Crippen LogP contribution is 2.47. The summed E-state index contributed by atoms with van der Waals surface area (Å²) in [4.78, 5) is 22.8. The van der Waals surface area contributed by atoms with Gasteiger partial charge in [0.1, 0.15) is 36.2 Å². The molecule has 2 unspecified atom stereocenters. The number of H-pyrrole nitrogens is 1. The van der Waals surface area contributed by atoms with Gasteiger partial charge < -0.3 is 34.3 Å². The number of aromatic hydroxyl groups is 1. The van der Waals surface area contributed by atoms with E-state index in [-0.39, 0.29) is 30.4 Å². The number of carbonyl (C=O) groups is 1. The van der Waals surface area contributed by atoms with E-state index in [1.54, 1.807) is 11.0 Å². The molecule has 1 aliphatic heterocycles. The molecule has 0 fully saturated rings. The van der Waals surface area contributed by atoms with Gasteiger partial charge in [-0.3, -0.25) is 4.79 Å². The van der Waals surface area contributed by atoms with Crippen LogP contribution in [0.1, 0.15) is 43.2 Å². The van der Waals surface area contributed by atoms with Gasteiger partial charge in [0, 0.05) is 53.3 Å². The first kappa shape index (κ1) is 36.5. The largest absolute Gasteiger partial charge is 0.507 e. The number of fused-ring (bicyclic) bond motifs is 4. The Morgan fingerprint density at radius 1 is 1.09 bits per heavy atom. The van der Waals surface area contributed by atoms with E-state index in [0.717, 1.165) is 51.8 Å². The van der Waals surface area contributed by atoms with Crippen molar-refractivity contribution < 1.29 is 19.4 Å². The number of alkyl halides is 1. The molecule has 0 saturated heterocycles. The number of hydrogen-bond acceptors (Lipinski definition) is 6. The van der Waals surface area contributed by atoms with Crippen LogP contribution in [0, 0.1) is 0 Å². The molecular formula is C37H49ClN4O4. The number of hydrogen-bond donors (Lipinski definition) is 2. The van der Waals surface area contributed by atoms with Crippen LogP contribution in [0.5, 0.6) is 11.5 Å². The van der Waals surface area contributed by atoms with Gasteiger partial charge >= 0.3 is 0 Å². The fraction of sp³-hybridized carbons (Fsp3) is 0.378. The molecule has 0 bridgehead atoms. The highest BCUT2D eigenvalue weighted by atomic mass is 35.5. The lowest BCUT2D eigenvalue weighted by atomic mass is 9.92. The Balaban J connectivity index is 0.000000414. The summed E-state index contributed by atoms with van der Waals surface area (Å²) in [5, 5.41) is 13.1. The zero-order valence-corrected chi connectivity index (χ0v) is 27.9. The van der Waals surface area contributed by atoms with Gasteiger partial charge in [-0.25, -0.2) is 0 Å². The molecule has 0 radical (unpaired) electrons. The van der Waals surface area contributed by atoms with Crippen LogP contribution in [0.4, 0.5) is 5.69 Å². The minimum Gasteiger partial charge on any atom is -0.507 e. The molecular weight excluding hydrogens is 600 g/mol. The van der Waals surface area contributed by atoms with E-state index in [1.807, 2.05) is 103 Å². The first-order valence-electron chi connectivity index (χ1n) is 15.2. The number of nitrogens with zero attached hydrogens (tertiary/aromatic N) is 3. The number of rotatable bonds is 11. The summed E-state index contributed by atoms with van der Waals surface area (Å²) in [6, 6.07) is 17.0. The number of nitrogens with one attached hydrogen (secondary N) is 1. The van der Waals surface area contributed by atoms with E-state index in [0.29, 0.717) is 31.1 Å². The number of likely N-dealkylation sites (N-methyl/N-ethyl adjacent to an activating group) is 2. The Kier molecular flexibility index (Phi) is 13.1. The molecule has 8 nitrogen and oxygen atoms in total. The highest BCUT2D eigenvalue weighted by Gasteiger charge is 2.37. The van der Waals surface area contributed by atoms with Crippen molar-refractivity contribution >= 4 is 44.9 Å². The van der Waals surface area contributed by atoms with E-state index >= 15 is 0 Å². The van der Waals surface area contributed by atoms with Crippen LogP contribution >= 0.6 is 11.6 Å². The second-order valence-electron chi connectivity index (χ2n) is 11.8. The Hall–Kier alpha value is -3.98. The van der Waals surface area contributed by atoms with Crippen LogP contribution in [0.15, 0.2) is 79.1 Å². The third kappa shape index (κ3) is 8.84. The molecule has 2 atom stereocenters. The predicted molar refractivity (Wildman–Crippen MR) is 193 cm³/mol. The van der Waals surface area contributed by atoms with Crippen molar-refractivity contribution in [3.05, 3.63) is 90.3 Å². The van der Waals surface area contributed by atoms with Crippen LogP contribution in [-0.2, 0) is 4.74 Å². The average Bonchev–Trinajstić information content (AvgIpc) is 3.59. The lowest BCUT2D eigenvalue weighted by molar-refractivity contribution is 0.0984. The van der Waals surface area contributed by atoms with Crippen LogP contribution in [0.2, 0.25) is 0 Å². The van der Waals surface area contributed by atoms with Gasteiger partial charge in [-0.15, -0.1) is 11.6 Å². The van der Waals surface area contributed by atoms with Crippen LogP contribution in [-0.4, -0.2) is 92.2 Å². The maximum Gasteiger partial charge on any atom is 0.274 e. The van der Waals surface area contributed by atoms with Gasteiger partial charge in [-0.05, 0) is 83.3 Å². The minimum absolute atomic E-state index is 0.